The van der Waals surface area contributed by atoms with Crippen LogP contribution in [0.25, 0.3) is 44.6 Å². The summed E-state index contributed by atoms with van der Waals surface area (Å²) in [5.74, 6) is -0.0341. The Hall–Kier alpha value is -4.98. The summed E-state index contributed by atoms with van der Waals surface area (Å²) in [6, 6.07) is 32.9. The number of halogens is 1. The van der Waals surface area contributed by atoms with Crippen molar-refractivity contribution in [1.29, 1.82) is 0 Å². The van der Waals surface area contributed by atoms with Gasteiger partial charge in [0.05, 0.1) is 46.2 Å². The molecule has 8 nitrogen and oxygen atoms in total. The van der Waals surface area contributed by atoms with Crippen molar-refractivity contribution in [2.45, 2.75) is 0 Å². The Morgan fingerprint density at radius 1 is 0.556 bits per heavy atom. The Labute approximate surface area is 278 Å². The van der Waals surface area contributed by atoms with E-state index < -0.39 is 0 Å². The third-order valence-electron chi connectivity index (χ3n) is 6.27. The largest absolute Gasteiger partial charge is 2.00 e. The van der Waals surface area contributed by atoms with Gasteiger partial charge in [0.15, 0.2) is 5.78 Å². The van der Waals surface area contributed by atoms with Gasteiger partial charge in [-0.2, -0.15) is 0 Å². The number of rotatable bonds is 6. The van der Waals surface area contributed by atoms with Crippen LogP contribution < -0.4 is 5.32 Å². The summed E-state index contributed by atoms with van der Waals surface area (Å²) in [6.07, 6.45) is 10.6. The monoisotopic (exact) mass is 699 g/mol. The molecule has 0 atom stereocenters. The maximum atomic E-state index is 11.4. The van der Waals surface area contributed by atoms with E-state index in [0.717, 1.165) is 50.3 Å². The van der Waals surface area contributed by atoms with Crippen molar-refractivity contribution in [2.75, 3.05) is 17.7 Å². The number of benzene rings is 1. The molecule has 0 aliphatic carbocycles. The molecule has 0 saturated heterocycles. The molecule has 1 N–H and O–H groups in total. The number of hydrogen-bond donors (Lipinski definition) is 1. The van der Waals surface area contributed by atoms with E-state index in [1.807, 2.05) is 103 Å². The smallest absolute Gasteiger partial charge is 0.377 e. The molecule has 1 aromatic carbocycles. The molecule has 222 valence electrons. The Morgan fingerprint density at radius 3 is 1.44 bits per heavy atom. The number of carbonyl (C=O) groups is 1. The van der Waals surface area contributed by atoms with E-state index in [1.54, 1.807) is 37.2 Å². The fourth-order valence-electron chi connectivity index (χ4n) is 4.22. The van der Waals surface area contributed by atoms with E-state index >= 15 is 0 Å². The SMILES string of the molecule is O=C(CCl)CNc1cc2cccnc2c2ncccc12.[Ru+2].c1ccc(-c2ccccn2)nc1.c1ccc(-c2ccccn2)nc1. The van der Waals surface area contributed by atoms with Crippen molar-refractivity contribution < 1.29 is 24.3 Å². The van der Waals surface area contributed by atoms with Crippen LogP contribution in [0.4, 0.5) is 5.69 Å². The van der Waals surface area contributed by atoms with Crippen LogP contribution in [0.1, 0.15) is 0 Å². The standard InChI is InChI=1S/C15H12ClN3O.2C10H8N2.Ru/c16-8-11(20)9-19-13-7-10-3-1-5-17-14(10)15-12(13)4-2-6-18-15;2*1-3-7-11-9(5-1)10-6-2-4-8-12-10;/h1-7,19H,8-9H2;2*1-8H;/q;;;+2. The van der Waals surface area contributed by atoms with E-state index in [1.165, 1.54) is 0 Å². The Morgan fingerprint density at radius 2 is 1.00 bits per heavy atom. The average molecular weight is 699 g/mol. The number of Topliss-reactive ketones (excluding diaryl/α,β-unsaturated/α-hetero) is 1. The van der Waals surface area contributed by atoms with Crippen LogP contribution in [-0.2, 0) is 24.3 Å². The van der Waals surface area contributed by atoms with Gasteiger partial charge in [-0.05, 0) is 72.8 Å². The molecule has 0 amide bonds. The third kappa shape index (κ3) is 9.26. The maximum Gasteiger partial charge on any atom is 2.00 e. The zero-order valence-electron chi connectivity index (χ0n) is 24.0. The fraction of sp³-hybridized carbons (Fsp3) is 0.0571. The van der Waals surface area contributed by atoms with Crippen LogP contribution in [0, 0.1) is 0 Å². The molecular formula is C35H28ClN7ORu+2. The maximum absolute atomic E-state index is 11.4. The minimum absolute atomic E-state index is 0. The van der Waals surface area contributed by atoms with Crippen LogP contribution in [-0.4, -0.2) is 48.1 Å². The normalized spacial score (nSPS) is 9.98. The minimum atomic E-state index is -0.0463. The van der Waals surface area contributed by atoms with E-state index in [2.05, 4.69) is 35.2 Å². The first-order valence-electron chi connectivity index (χ1n) is 13.8. The van der Waals surface area contributed by atoms with Gasteiger partial charge in [0.2, 0.25) is 0 Å². The van der Waals surface area contributed by atoms with Gasteiger partial charge in [0, 0.05) is 53.6 Å². The Balaban J connectivity index is 0.000000160. The number of nitrogens with zero attached hydrogens (tertiary/aromatic N) is 6. The van der Waals surface area contributed by atoms with Gasteiger partial charge in [-0.15, -0.1) is 11.6 Å². The molecular weight excluding hydrogens is 671 g/mol. The van der Waals surface area contributed by atoms with Crippen molar-refractivity contribution in [3.63, 3.8) is 0 Å². The number of aromatic nitrogens is 6. The van der Waals surface area contributed by atoms with Crippen molar-refractivity contribution >= 4 is 44.9 Å². The number of ketones is 1. The molecule has 10 heteroatoms. The van der Waals surface area contributed by atoms with Gasteiger partial charge in [0.25, 0.3) is 0 Å². The first-order valence-corrected chi connectivity index (χ1v) is 14.4. The molecule has 6 heterocycles. The summed E-state index contributed by atoms with van der Waals surface area (Å²) >= 11 is 5.52. The summed E-state index contributed by atoms with van der Waals surface area (Å²) in [5.41, 5.74) is 6.21. The molecule has 0 fully saturated rings. The van der Waals surface area contributed by atoms with Crippen LogP contribution in [0.5, 0.6) is 0 Å². The number of hydrogen-bond acceptors (Lipinski definition) is 8. The van der Waals surface area contributed by atoms with Crippen LogP contribution in [0.2, 0.25) is 0 Å². The predicted molar refractivity (Wildman–Crippen MR) is 176 cm³/mol. The van der Waals surface area contributed by atoms with Crippen molar-refractivity contribution in [1.82, 2.24) is 29.9 Å². The fourth-order valence-corrected chi connectivity index (χ4v) is 4.32. The molecule has 0 spiro atoms. The topological polar surface area (TPSA) is 106 Å². The summed E-state index contributed by atoms with van der Waals surface area (Å²) in [4.78, 5) is 36.9. The first-order chi connectivity index (χ1) is 21.7. The zero-order valence-corrected chi connectivity index (χ0v) is 26.5. The van der Waals surface area contributed by atoms with Gasteiger partial charge < -0.3 is 5.32 Å². The Kier molecular flexibility index (Phi) is 12.7. The van der Waals surface area contributed by atoms with Gasteiger partial charge in [-0.25, -0.2) is 0 Å². The predicted octanol–water partition coefficient (Wildman–Crippen LogP) is 7.29. The van der Waals surface area contributed by atoms with Crippen LogP contribution in [0.3, 0.4) is 0 Å². The molecule has 6 aromatic heterocycles. The van der Waals surface area contributed by atoms with Gasteiger partial charge in [-0.1, -0.05) is 30.3 Å². The van der Waals surface area contributed by atoms with Crippen molar-refractivity contribution in [2.24, 2.45) is 0 Å². The van der Waals surface area contributed by atoms with Crippen molar-refractivity contribution in [3.05, 3.63) is 140 Å². The molecule has 0 aliphatic heterocycles. The van der Waals surface area contributed by atoms with Gasteiger partial charge in [-0.3, -0.25) is 34.7 Å². The Bertz CT molecular complexity index is 1770. The quantitative estimate of drug-likeness (QED) is 0.110. The number of anilines is 1. The molecule has 45 heavy (non-hydrogen) atoms. The number of alkyl halides is 1. The van der Waals surface area contributed by atoms with Gasteiger partial charge in [0.1, 0.15) is 0 Å². The number of nitrogens with one attached hydrogen (secondary N) is 1. The zero-order chi connectivity index (χ0) is 30.4. The van der Waals surface area contributed by atoms with E-state index in [4.69, 9.17) is 11.6 Å². The second-order valence-corrected chi connectivity index (χ2v) is 9.55. The van der Waals surface area contributed by atoms with E-state index in [-0.39, 0.29) is 37.7 Å². The minimum Gasteiger partial charge on any atom is -0.377 e. The molecule has 7 rings (SSSR count). The number of carbonyl (C=O) groups excluding carboxylic acids is 1. The van der Waals surface area contributed by atoms with E-state index in [0.29, 0.717) is 0 Å². The van der Waals surface area contributed by atoms with Crippen molar-refractivity contribution in [3.8, 4) is 22.8 Å². The number of pyridine rings is 6. The second kappa shape index (κ2) is 17.4. The molecule has 0 bridgehead atoms. The molecule has 0 radical (unpaired) electrons. The van der Waals surface area contributed by atoms with Gasteiger partial charge >= 0.3 is 19.5 Å². The molecule has 0 saturated carbocycles. The van der Waals surface area contributed by atoms with Crippen LogP contribution >= 0.6 is 11.6 Å². The molecule has 0 unspecified atom stereocenters. The molecule has 0 aliphatic rings. The number of fused-ring (bicyclic) bond motifs is 3. The summed E-state index contributed by atoms with van der Waals surface area (Å²) in [6.45, 7) is 0.208. The summed E-state index contributed by atoms with van der Waals surface area (Å²) in [7, 11) is 0. The average Bonchev–Trinajstić information content (AvgIpc) is 3.12. The second-order valence-electron chi connectivity index (χ2n) is 9.28. The third-order valence-corrected chi connectivity index (χ3v) is 6.57. The first kappa shape index (κ1) is 32.9. The van der Waals surface area contributed by atoms with E-state index in [9.17, 15) is 4.79 Å². The summed E-state index contributed by atoms with van der Waals surface area (Å²) in [5, 5.41) is 5.06. The molecule has 7 aromatic rings. The van der Waals surface area contributed by atoms with Crippen LogP contribution in [0.15, 0.2) is 140 Å². The summed E-state index contributed by atoms with van der Waals surface area (Å²) < 4.78 is 0.